The molecule has 7 heteroatoms. The molecule has 0 saturated carbocycles. The summed E-state index contributed by atoms with van der Waals surface area (Å²) in [6.45, 7) is 4.61. The van der Waals surface area contributed by atoms with E-state index in [1.807, 2.05) is 32.2 Å². The summed E-state index contributed by atoms with van der Waals surface area (Å²) in [6.07, 6.45) is 0. The van der Waals surface area contributed by atoms with Gasteiger partial charge in [0.25, 0.3) is 0 Å². The van der Waals surface area contributed by atoms with Crippen LogP contribution in [0.5, 0.6) is 11.5 Å². The minimum absolute atomic E-state index is 0. The largest absolute Gasteiger partial charge is 0.486 e. The van der Waals surface area contributed by atoms with Crippen LogP contribution in [0.4, 0.5) is 0 Å². The summed E-state index contributed by atoms with van der Waals surface area (Å²) in [5.74, 6) is 1.63. The molecule has 1 aliphatic rings. The second kappa shape index (κ2) is 7.22. The van der Waals surface area contributed by atoms with Crippen molar-refractivity contribution in [3.05, 3.63) is 40.2 Å². The Morgan fingerprint density at radius 1 is 1.23 bits per heavy atom. The average molecular weight is 344 g/mol. The van der Waals surface area contributed by atoms with Crippen molar-refractivity contribution in [2.24, 2.45) is 7.05 Å². The fourth-order valence-electron chi connectivity index (χ4n) is 2.40. The molecule has 1 N–H and O–H groups in total. The Labute approximate surface area is 141 Å². The molecule has 3 rings (SSSR count). The lowest BCUT2D eigenvalue weighted by molar-refractivity contribution is 0.171. The summed E-state index contributed by atoms with van der Waals surface area (Å²) in [6, 6.07) is 6.01. The zero-order valence-electron chi connectivity index (χ0n) is 12.6. The molecule has 0 atom stereocenters. The fourth-order valence-corrected chi connectivity index (χ4v) is 2.65. The molecule has 0 amide bonds. The Kier molecular flexibility index (Phi) is 5.56. The Hall–Kier alpha value is -1.43. The van der Waals surface area contributed by atoms with Crippen molar-refractivity contribution in [2.45, 2.75) is 20.0 Å². The van der Waals surface area contributed by atoms with E-state index in [4.69, 9.17) is 21.1 Å². The smallest absolute Gasteiger partial charge is 0.161 e. The van der Waals surface area contributed by atoms with Crippen LogP contribution in [0.1, 0.15) is 16.8 Å². The number of aryl methyl sites for hydroxylation is 2. The van der Waals surface area contributed by atoms with E-state index in [9.17, 15) is 0 Å². The molecule has 22 heavy (non-hydrogen) atoms. The maximum Gasteiger partial charge on any atom is 0.161 e. The van der Waals surface area contributed by atoms with E-state index >= 15 is 0 Å². The highest BCUT2D eigenvalue weighted by Crippen LogP contribution is 2.30. The third-order valence-corrected chi connectivity index (χ3v) is 3.98. The van der Waals surface area contributed by atoms with Gasteiger partial charge in [-0.2, -0.15) is 5.10 Å². The molecule has 1 aliphatic heterocycles. The predicted molar refractivity (Wildman–Crippen MR) is 88.2 cm³/mol. The van der Waals surface area contributed by atoms with Crippen LogP contribution in [-0.4, -0.2) is 23.0 Å². The maximum absolute atomic E-state index is 6.21. The molecule has 5 nitrogen and oxygen atoms in total. The molecule has 0 radical (unpaired) electrons. The summed E-state index contributed by atoms with van der Waals surface area (Å²) in [4.78, 5) is 0. The van der Waals surface area contributed by atoms with Gasteiger partial charge in [-0.3, -0.25) is 4.68 Å². The van der Waals surface area contributed by atoms with Crippen LogP contribution in [0.25, 0.3) is 0 Å². The Morgan fingerprint density at radius 3 is 2.64 bits per heavy atom. The maximum atomic E-state index is 6.21. The zero-order valence-corrected chi connectivity index (χ0v) is 14.1. The molecule has 0 bridgehead atoms. The van der Waals surface area contributed by atoms with Crippen molar-refractivity contribution in [1.82, 2.24) is 15.1 Å². The highest BCUT2D eigenvalue weighted by Gasteiger charge is 2.13. The molecule has 0 saturated heterocycles. The Bertz CT molecular complexity index is 658. The van der Waals surface area contributed by atoms with Crippen LogP contribution in [0.2, 0.25) is 5.15 Å². The Balaban J connectivity index is 0.00000176. The monoisotopic (exact) mass is 343 g/mol. The van der Waals surface area contributed by atoms with Crippen molar-refractivity contribution in [3.63, 3.8) is 0 Å². The molecule has 1 aromatic carbocycles. The zero-order chi connectivity index (χ0) is 14.8. The molecule has 0 fully saturated rings. The van der Waals surface area contributed by atoms with Crippen LogP contribution in [0.15, 0.2) is 18.2 Å². The molecular weight excluding hydrogens is 325 g/mol. The number of nitrogens with zero attached hydrogens (tertiary/aromatic N) is 2. The number of benzene rings is 1. The minimum atomic E-state index is 0. The second-order valence-corrected chi connectivity index (χ2v) is 5.42. The van der Waals surface area contributed by atoms with Gasteiger partial charge in [0.15, 0.2) is 11.5 Å². The first-order valence-corrected chi connectivity index (χ1v) is 7.30. The number of hydrogen-bond donors (Lipinski definition) is 1. The molecule has 0 unspecified atom stereocenters. The average Bonchev–Trinajstić information content (AvgIpc) is 2.73. The van der Waals surface area contributed by atoms with Gasteiger partial charge >= 0.3 is 0 Å². The molecule has 2 heterocycles. The quantitative estimate of drug-likeness (QED) is 0.927. The van der Waals surface area contributed by atoms with Gasteiger partial charge in [0.05, 0.1) is 5.69 Å². The lowest BCUT2D eigenvalue weighted by atomic mass is 10.2. The summed E-state index contributed by atoms with van der Waals surface area (Å²) in [7, 11) is 1.85. The second-order valence-electron chi connectivity index (χ2n) is 5.06. The number of halogens is 2. The van der Waals surface area contributed by atoms with Crippen molar-refractivity contribution in [2.75, 3.05) is 13.2 Å². The summed E-state index contributed by atoms with van der Waals surface area (Å²) in [5.41, 5.74) is 3.14. The van der Waals surface area contributed by atoms with E-state index in [0.717, 1.165) is 34.9 Å². The third-order valence-electron chi connectivity index (χ3n) is 3.51. The molecule has 0 aliphatic carbocycles. The van der Waals surface area contributed by atoms with Gasteiger partial charge in [0, 0.05) is 25.7 Å². The van der Waals surface area contributed by atoms with Crippen molar-refractivity contribution in [1.29, 1.82) is 0 Å². The molecular formula is C15H19Cl2N3O2. The topological polar surface area (TPSA) is 48.3 Å². The van der Waals surface area contributed by atoms with Crippen LogP contribution in [0, 0.1) is 6.92 Å². The first kappa shape index (κ1) is 16.9. The first-order chi connectivity index (χ1) is 10.1. The van der Waals surface area contributed by atoms with Gasteiger partial charge in [-0.15, -0.1) is 12.4 Å². The van der Waals surface area contributed by atoms with Crippen molar-refractivity contribution in [3.8, 4) is 11.5 Å². The van der Waals surface area contributed by atoms with E-state index in [-0.39, 0.29) is 12.4 Å². The number of hydrogen-bond acceptors (Lipinski definition) is 4. The van der Waals surface area contributed by atoms with Crippen LogP contribution in [-0.2, 0) is 20.1 Å². The normalized spacial score (nSPS) is 12.9. The number of ether oxygens (including phenoxy) is 2. The number of rotatable bonds is 4. The number of aromatic nitrogens is 2. The highest BCUT2D eigenvalue weighted by molar-refractivity contribution is 6.30. The van der Waals surface area contributed by atoms with Gasteiger partial charge < -0.3 is 14.8 Å². The van der Waals surface area contributed by atoms with Gasteiger partial charge in [0.2, 0.25) is 0 Å². The third kappa shape index (κ3) is 3.48. The van der Waals surface area contributed by atoms with Crippen molar-refractivity contribution >= 4 is 24.0 Å². The van der Waals surface area contributed by atoms with Gasteiger partial charge in [-0.1, -0.05) is 17.7 Å². The molecule has 1 aromatic heterocycles. The lowest BCUT2D eigenvalue weighted by Crippen LogP contribution is -2.17. The standard InChI is InChI=1S/C15H18ClN3O2.ClH/c1-10-12(15(16)19(2)18-10)9-17-8-11-3-4-13-14(7-11)21-6-5-20-13;/h3-4,7,17H,5-6,8-9H2,1-2H3;1H. The number of fused-ring (bicyclic) bond motifs is 1. The first-order valence-electron chi connectivity index (χ1n) is 6.92. The van der Waals surface area contributed by atoms with Gasteiger partial charge in [-0.25, -0.2) is 0 Å². The minimum Gasteiger partial charge on any atom is -0.486 e. The predicted octanol–water partition coefficient (Wildman–Crippen LogP) is 2.86. The van der Waals surface area contributed by atoms with Crippen LogP contribution < -0.4 is 14.8 Å². The highest BCUT2D eigenvalue weighted by atomic mass is 35.5. The lowest BCUT2D eigenvalue weighted by Gasteiger charge is -2.19. The van der Waals surface area contributed by atoms with E-state index in [1.54, 1.807) is 4.68 Å². The fraction of sp³-hybridized carbons (Fsp3) is 0.400. The van der Waals surface area contributed by atoms with E-state index in [0.29, 0.717) is 24.9 Å². The van der Waals surface area contributed by atoms with Gasteiger partial charge in [-0.05, 0) is 24.6 Å². The summed E-state index contributed by atoms with van der Waals surface area (Å²) in [5, 5.41) is 8.37. The van der Waals surface area contributed by atoms with Gasteiger partial charge in [0.1, 0.15) is 18.4 Å². The van der Waals surface area contributed by atoms with E-state index in [2.05, 4.69) is 10.4 Å². The van der Waals surface area contributed by atoms with E-state index in [1.165, 1.54) is 0 Å². The summed E-state index contributed by atoms with van der Waals surface area (Å²) >= 11 is 6.21. The molecule has 0 spiro atoms. The van der Waals surface area contributed by atoms with E-state index < -0.39 is 0 Å². The van der Waals surface area contributed by atoms with Crippen LogP contribution >= 0.6 is 24.0 Å². The Morgan fingerprint density at radius 2 is 1.95 bits per heavy atom. The SMILES string of the molecule is Cc1nn(C)c(Cl)c1CNCc1ccc2c(c1)OCCO2.Cl. The molecule has 2 aromatic rings. The number of nitrogens with one attached hydrogen (secondary N) is 1. The van der Waals surface area contributed by atoms with Crippen LogP contribution in [0.3, 0.4) is 0 Å². The molecule has 120 valence electrons. The summed E-state index contributed by atoms with van der Waals surface area (Å²) < 4.78 is 12.8. The van der Waals surface area contributed by atoms with Crippen molar-refractivity contribution < 1.29 is 9.47 Å².